The average molecular weight is 479 g/mol. The third-order valence-electron chi connectivity index (χ3n) is 4.83. The van der Waals surface area contributed by atoms with E-state index in [-0.39, 0.29) is 29.4 Å². The highest BCUT2D eigenvalue weighted by molar-refractivity contribution is 8.03. The lowest BCUT2D eigenvalue weighted by Crippen LogP contribution is -3.00. The van der Waals surface area contributed by atoms with Gasteiger partial charge in [-0.2, -0.15) is 0 Å². The molecule has 0 saturated carbocycles. The number of thioether (sulfide) groups is 1. The predicted octanol–water partition coefficient (Wildman–Crippen LogP) is 3.61. The van der Waals surface area contributed by atoms with Gasteiger partial charge >= 0.3 is 10.3 Å². The van der Waals surface area contributed by atoms with Crippen molar-refractivity contribution in [3.8, 4) is 11.1 Å². The van der Waals surface area contributed by atoms with Crippen molar-refractivity contribution < 1.29 is 22.1 Å². The third-order valence-corrected chi connectivity index (χ3v) is 9.19. The molecule has 1 N–H and O–H groups in total. The molecular weight excluding hydrogens is 460 g/mol. The number of nitro groups is 1. The lowest BCUT2D eigenvalue weighted by Gasteiger charge is -2.32. The summed E-state index contributed by atoms with van der Waals surface area (Å²) in [4.78, 5) is 24.2. The van der Waals surface area contributed by atoms with E-state index >= 15 is 0 Å². The Balaban J connectivity index is 0.00000256. The summed E-state index contributed by atoms with van der Waals surface area (Å²) >= 11 is 1.54. The van der Waals surface area contributed by atoms with Crippen LogP contribution in [0.4, 0.5) is 11.4 Å². The molecule has 0 amide bonds. The molecule has 3 aromatic rings. The molecule has 5 nitrogen and oxygen atoms in total. The van der Waals surface area contributed by atoms with Crippen LogP contribution in [0.3, 0.4) is 0 Å². The fraction of sp³-hybridized carbons (Fsp3) is 0.238. The number of aryl methyl sites for hydroxylation is 1. The Bertz CT molecular complexity index is 1130. The summed E-state index contributed by atoms with van der Waals surface area (Å²) in [6.45, 7) is 6.43. The molecule has 0 spiro atoms. The normalized spacial score (nSPS) is 13.4. The van der Waals surface area contributed by atoms with E-state index < -0.39 is 4.92 Å². The van der Waals surface area contributed by atoms with Gasteiger partial charge in [-0.3, -0.25) is 14.9 Å². The number of non-ortho nitro benzene ring substituents is 1. The predicted molar refractivity (Wildman–Crippen MR) is 122 cm³/mol. The van der Waals surface area contributed by atoms with E-state index in [1.807, 2.05) is 0 Å². The summed E-state index contributed by atoms with van der Waals surface area (Å²) in [6.07, 6.45) is 0. The molecule has 4 rings (SSSR count). The van der Waals surface area contributed by atoms with Crippen LogP contribution in [0.2, 0.25) is 0 Å². The maximum Gasteiger partial charge on any atom is 0.308 e. The zero-order valence-corrected chi connectivity index (χ0v) is 19.7. The first-order valence-electron chi connectivity index (χ1n) is 9.02. The number of hydrogen-bond donors (Lipinski definition) is 1. The fourth-order valence-electron chi connectivity index (χ4n) is 3.35. The summed E-state index contributed by atoms with van der Waals surface area (Å²) in [5.41, 5.74) is 5.04. The standard InChI is InChI=1S/C21H19N2O3S3.ClH/c1-12-4-9-16-15(10-12)18-19(21(2,3)22-16)28-29-20(18)27-11-17(24)13-5-7-14(8-6-13)23(25)26;/h4-10,22H,11H2,1-3H3;1H/q+1;/p-1. The highest BCUT2D eigenvalue weighted by Gasteiger charge is 2.40. The molecule has 9 heteroatoms. The Morgan fingerprint density at radius 1 is 1.23 bits per heavy atom. The quantitative estimate of drug-likeness (QED) is 0.151. The lowest BCUT2D eigenvalue weighted by atomic mass is 9.89. The van der Waals surface area contributed by atoms with Gasteiger partial charge in [0.25, 0.3) is 9.90 Å². The molecule has 1 aliphatic rings. The van der Waals surface area contributed by atoms with Gasteiger partial charge in [0.2, 0.25) is 0 Å². The number of ketones is 1. The zero-order valence-electron chi connectivity index (χ0n) is 16.5. The largest absolute Gasteiger partial charge is 1.00 e. The summed E-state index contributed by atoms with van der Waals surface area (Å²) < 4.78 is 1.14. The van der Waals surface area contributed by atoms with Crippen molar-refractivity contribution in [2.75, 3.05) is 11.1 Å². The second-order valence-corrected chi connectivity index (χ2v) is 10.9. The number of carbonyl (C=O) groups excluding carboxylic acids is 1. The first-order valence-corrected chi connectivity index (χ1v) is 12.2. The molecule has 1 aromatic heterocycles. The minimum absolute atomic E-state index is 0. The lowest BCUT2D eigenvalue weighted by molar-refractivity contribution is -0.384. The molecule has 0 atom stereocenters. The van der Waals surface area contributed by atoms with Gasteiger partial charge in [-0.1, -0.05) is 23.4 Å². The Labute approximate surface area is 192 Å². The molecule has 0 unspecified atom stereocenters. The number of nitrogens with one attached hydrogen (secondary N) is 1. The second kappa shape index (κ2) is 8.63. The van der Waals surface area contributed by atoms with Crippen LogP contribution in [0, 0.1) is 17.0 Å². The van der Waals surface area contributed by atoms with E-state index in [0.29, 0.717) is 11.3 Å². The number of nitro benzene ring substituents is 1. The number of hydrogen-bond acceptors (Lipinski definition) is 6. The van der Waals surface area contributed by atoms with Crippen LogP contribution in [-0.4, -0.2) is 16.5 Å². The van der Waals surface area contributed by atoms with Crippen molar-refractivity contribution in [3.05, 3.63) is 68.6 Å². The monoisotopic (exact) mass is 478 g/mol. The van der Waals surface area contributed by atoms with Crippen LogP contribution in [0.1, 0.15) is 34.6 Å². The summed E-state index contributed by atoms with van der Waals surface area (Å²) in [5, 5.41) is 14.4. The zero-order chi connectivity index (χ0) is 20.8. The Kier molecular flexibility index (Phi) is 6.52. The number of benzene rings is 2. The van der Waals surface area contributed by atoms with Crippen LogP contribution in [0.15, 0.2) is 46.7 Å². The molecule has 156 valence electrons. The van der Waals surface area contributed by atoms with E-state index in [0.717, 1.165) is 9.90 Å². The highest BCUT2D eigenvalue weighted by atomic mass is 35.5. The Hall–Kier alpha value is -2.00. The molecule has 0 aliphatic carbocycles. The van der Waals surface area contributed by atoms with Crippen LogP contribution in [0.25, 0.3) is 11.1 Å². The van der Waals surface area contributed by atoms with Crippen LogP contribution < -0.4 is 17.7 Å². The number of carbonyl (C=O) groups is 1. The summed E-state index contributed by atoms with van der Waals surface area (Å²) in [6, 6.07) is 12.2. The Morgan fingerprint density at radius 3 is 2.60 bits per heavy atom. The number of Topliss-reactive ketones (excluding diaryl/α,β-unsaturated/α-hetero) is 1. The highest BCUT2D eigenvalue weighted by Crippen LogP contribution is 2.53. The summed E-state index contributed by atoms with van der Waals surface area (Å²) in [5.74, 6) is 0.265. The molecule has 0 saturated heterocycles. The van der Waals surface area contributed by atoms with E-state index in [9.17, 15) is 14.9 Å². The molecule has 2 aromatic carbocycles. The van der Waals surface area contributed by atoms with Crippen LogP contribution in [-0.2, 0) is 5.54 Å². The fourth-order valence-corrected chi connectivity index (χ4v) is 7.99. The molecular formula is C21H19ClN2O3S3. The number of nitrogens with zero attached hydrogens (tertiary/aromatic N) is 1. The van der Waals surface area contributed by atoms with E-state index in [4.69, 9.17) is 0 Å². The maximum absolute atomic E-state index is 12.6. The second-order valence-electron chi connectivity index (χ2n) is 7.47. The number of anilines is 1. The minimum Gasteiger partial charge on any atom is -1.00 e. The smallest absolute Gasteiger partial charge is 0.308 e. The molecule has 0 fully saturated rings. The number of fused-ring (bicyclic) bond motifs is 3. The first-order chi connectivity index (χ1) is 13.8. The van der Waals surface area contributed by atoms with Crippen molar-refractivity contribution in [2.24, 2.45) is 0 Å². The SMILES string of the molecule is Cc1ccc2c(c1)-c1c(s[s+]c1SCC(=O)c1ccc([N+](=O)[O-])cc1)C(C)(C)N2.[Cl-]. The minimum atomic E-state index is -0.461. The van der Waals surface area contributed by atoms with Crippen molar-refractivity contribution >= 4 is 49.6 Å². The van der Waals surface area contributed by atoms with Gasteiger partial charge in [0.05, 0.1) is 21.8 Å². The van der Waals surface area contributed by atoms with Gasteiger partial charge in [0, 0.05) is 28.9 Å². The van der Waals surface area contributed by atoms with Crippen molar-refractivity contribution in [1.29, 1.82) is 0 Å². The van der Waals surface area contributed by atoms with Crippen LogP contribution >= 0.6 is 32.4 Å². The molecule has 30 heavy (non-hydrogen) atoms. The molecule has 0 bridgehead atoms. The van der Waals surface area contributed by atoms with Crippen molar-refractivity contribution in [1.82, 2.24) is 0 Å². The maximum atomic E-state index is 12.6. The van der Waals surface area contributed by atoms with Gasteiger partial charge in [0.15, 0.2) is 16.1 Å². The van der Waals surface area contributed by atoms with Gasteiger partial charge in [-0.05, 0) is 45.0 Å². The van der Waals surface area contributed by atoms with E-state index in [1.165, 1.54) is 45.8 Å². The van der Waals surface area contributed by atoms with Gasteiger partial charge in [-0.15, -0.1) is 0 Å². The first kappa shape index (κ1) is 22.7. The van der Waals surface area contributed by atoms with Crippen molar-refractivity contribution in [3.63, 3.8) is 0 Å². The third kappa shape index (κ3) is 4.23. The number of halogens is 1. The van der Waals surface area contributed by atoms with Gasteiger partial charge in [-0.25, -0.2) is 0 Å². The molecule has 0 radical (unpaired) electrons. The topological polar surface area (TPSA) is 72.2 Å². The van der Waals surface area contributed by atoms with Crippen molar-refractivity contribution in [2.45, 2.75) is 30.5 Å². The van der Waals surface area contributed by atoms with Gasteiger partial charge in [0.1, 0.15) is 4.88 Å². The Morgan fingerprint density at radius 2 is 1.93 bits per heavy atom. The van der Waals surface area contributed by atoms with Crippen LogP contribution in [0.5, 0.6) is 0 Å². The molecule has 2 heterocycles. The van der Waals surface area contributed by atoms with E-state index in [1.54, 1.807) is 32.4 Å². The molecule has 1 aliphatic heterocycles. The summed E-state index contributed by atoms with van der Waals surface area (Å²) in [7, 11) is 3.46. The van der Waals surface area contributed by atoms with Gasteiger partial charge < -0.3 is 17.7 Å². The number of rotatable bonds is 5. The van der Waals surface area contributed by atoms with E-state index in [2.05, 4.69) is 44.3 Å². The average Bonchev–Trinajstić information content (AvgIpc) is 3.12.